The quantitative estimate of drug-likeness (QED) is 0.237. The van der Waals surface area contributed by atoms with Gasteiger partial charge >= 0.3 is 5.97 Å². The van der Waals surface area contributed by atoms with Crippen LogP contribution in [0.2, 0.25) is 0 Å². The number of hydrogen-bond donors (Lipinski definition) is 0. The van der Waals surface area contributed by atoms with E-state index in [1.54, 1.807) is 21.3 Å². The van der Waals surface area contributed by atoms with E-state index in [4.69, 9.17) is 18.9 Å². The largest absolute Gasteiger partial charge is 0.493 e. The SMILES string of the molecule is COc1cc(C[C@H](C(=O)OC(C)(C)C)[C@@H](C)N(Cc2ccccc2)[C@H](C)c2ccccc2)cc(OC)c1OC. The van der Waals surface area contributed by atoms with Crippen LogP contribution in [0.25, 0.3) is 0 Å². The monoisotopic (exact) mass is 533 g/mol. The maximum atomic E-state index is 13.8. The summed E-state index contributed by atoms with van der Waals surface area (Å²) in [4.78, 5) is 16.2. The summed E-state index contributed by atoms with van der Waals surface area (Å²) in [6.07, 6.45) is 0.444. The Kier molecular flexibility index (Phi) is 10.4. The first-order valence-corrected chi connectivity index (χ1v) is 13.4. The third-order valence-electron chi connectivity index (χ3n) is 6.98. The van der Waals surface area contributed by atoms with Crippen molar-refractivity contribution in [2.45, 2.75) is 65.3 Å². The van der Waals surface area contributed by atoms with Gasteiger partial charge in [-0.25, -0.2) is 0 Å². The lowest BCUT2D eigenvalue weighted by atomic mass is 9.89. The second-order valence-electron chi connectivity index (χ2n) is 10.9. The minimum atomic E-state index is -0.611. The molecule has 0 radical (unpaired) electrons. The summed E-state index contributed by atoms with van der Waals surface area (Å²) in [6, 6.07) is 24.5. The van der Waals surface area contributed by atoms with E-state index in [2.05, 4.69) is 55.1 Å². The Bertz CT molecular complexity index is 1160. The number of carbonyl (C=O) groups excluding carboxylic acids is 1. The molecular formula is C33H43NO5. The predicted molar refractivity (Wildman–Crippen MR) is 155 cm³/mol. The fourth-order valence-corrected chi connectivity index (χ4v) is 4.92. The zero-order valence-corrected chi connectivity index (χ0v) is 24.6. The summed E-state index contributed by atoms with van der Waals surface area (Å²) >= 11 is 0. The molecule has 0 unspecified atom stereocenters. The summed E-state index contributed by atoms with van der Waals surface area (Å²) in [7, 11) is 4.77. The topological polar surface area (TPSA) is 57.2 Å². The van der Waals surface area contributed by atoms with Gasteiger partial charge in [0.05, 0.1) is 27.2 Å². The Hall–Kier alpha value is -3.51. The van der Waals surface area contributed by atoms with Gasteiger partial charge in [-0.1, -0.05) is 60.7 Å². The Morgan fingerprint density at radius 3 is 1.82 bits per heavy atom. The van der Waals surface area contributed by atoms with Crippen molar-refractivity contribution in [3.8, 4) is 17.2 Å². The molecule has 6 heteroatoms. The van der Waals surface area contributed by atoms with E-state index in [-0.39, 0.29) is 18.1 Å². The minimum Gasteiger partial charge on any atom is -0.493 e. The second-order valence-corrected chi connectivity index (χ2v) is 10.9. The van der Waals surface area contributed by atoms with Gasteiger partial charge in [0.25, 0.3) is 0 Å². The zero-order valence-electron chi connectivity index (χ0n) is 24.6. The van der Waals surface area contributed by atoms with Crippen LogP contribution in [0, 0.1) is 5.92 Å². The Morgan fingerprint density at radius 2 is 1.33 bits per heavy atom. The first-order valence-electron chi connectivity index (χ1n) is 13.4. The van der Waals surface area contributed by atoms with Crippen LogP contribution in [0.3, 0.4) is 0 Å². The fraction of sp³-hybridized carbons (Fsp3) is 0.424. The van der Waals surface area contributed by atoms with Crippen LogP contribution in [0.1, 0.15) is 57.4 Å². The van der Waals surface area contributed by atoms with Crippen molar-refractivity contribution in [3.63, 3.8) is 0 Å². The smallest absolute Gasteiger partial charge is 0.311 e. The van der Waals surface area contributed by atoms with E-state index in [0.29, 0.717) is 30.2 Å². The van der Waals surface area contributed by atoms with Crippen molar-refractivity contribution in [2.24, 2.45) is 5.92 Å². The Morgan fingerprint density at radius 1 is 0.795 bits per heavy atom. The van der Waals surface area contributed by atoms with Gasteiger partial charge < -0.3 is 18.9 Å². The number of rotatable bonds is 12. The summed E-state index contributed by atoms with van der Waals surface area (Å²) in [5.74, 6) is 0.945. The van der Waals surface area contributed by atoms with Gasteiger partial charge in [-0.15, -0.1) is 0 Å². The number of esters is 1. The standard InChI is InChI=1S/C33H43NO5/c1-23(27-17-13-10-14-18-27)34(22-25-15-11-9-12-16-25)24(2)28(32(35)39-33(3,4)5)19-26-20-29(36-6)31(38-8)30(21-26)37-7/h9-18,20-21,23-24,28H,19,22H2,1-8H3/t23-,24-,28+/m1/s1. The third kappa shape index (κ3) is 7.99. The van der Waals surface area contributed by atoms with Gasteiger partial charge in [-0.2, -0.15) is 0 Å². The third-order valence-corrected chi connectivity index (χ3v) is 6.98. The molecule has 210 valence electrons. The van der Waals surface area contributed by atoms with Crippen molar-refractivity contribution in [1.29, 1.82) is 0 Å². The molecule has 0 saturated carbocycles. The number of hydrogen-bond acceptors (Lipinski definition) is 6. The molecule has 0 aromatic heterocycles. The molecule has 0 aliphatic carbocycles. The predicted octanol–water partition coefficient (Wildman–Crippen LogP) is 6.86. The molecular weight excluding hydrogens is 490 g/mol. The van der Waals surface area contributed by atoms with E-state index in [9.17, 15) is 4.79 Å². The highest BCUT2D eigenvalue weighted by molar-refractivity contribution is 5.74. The summed E-state index contributed by atoms with van der Waals surface area (Å²) in [5.41, 5.74) is 2.66. The molecule has 3 atom stereocenters. The highest BCUT2D eigenvalue weighted by atomic mass is 16.6. The van der Waals surface area contributed by atoms with Crippen molar-refractivity contribution in [2.75, 3.05) is 21.3 Å². The molecule has 0 aliphatic rings. The van der Waals surface area contributed by atoms with Crippen molar-refractivity contribution in [3.05, 3.63) is 89.5 Å². The lowest BCUT2D eigenvalue weighted by Crippen LogP contribution is -2.45. The Balaban J connectivity index is 2.06. The maximum Gasteiger partial charge on any atom is 0.311 e. The van der Waals surface area contributed by atoms with Crippen LogP contribution in [-0.4, -0.2) is 43.8 Å². The molecule has 39 heavy (non-hydrogen) atoms. The van der Waals surface area contributed by atoms with Crippen LogP contribution in [0.5, 0.6) is 17.2 Å². The summed E-state index contributed by atoms with van der Waals surface area (Å²) in [6.45, 7) is 10.7. The molecule has 0 spiro atoms. The maximum absolute atomic E-state index is 13.8. The van der Waals surface area contributed by atoms with Gasteiger partial charge in [-0.05, 0) is 69.9 Å². The lowest BCUT2D eigenvalue weighted by Gasteiger charge is -2.39. The van der Waals surface area contributed by atoms with Crippen LogP contribution in [0.15, 0.2) is 72.8 Å². The number of carbonyl (C=O) groups is 1. The van der Waals surface area contributed by atoms with Crippen LogP contribution in [0.4, 0.5) is 0 Å². The molecule has 6 nitrogen and oxygen atoms in total. The molecule has 0 aliphatic heterocycles. The highest BCUT2D eigenvalue weighted by Crippen LogP contribution is 2.39. The van der Waals surface area contributed by atoms with Gasteiger partial charge in [0.15, 0.2) is 11.5 Å². The van der Waals surface area contributed by atoms with Crippen molar-refractivity contribution in [1.82, 2.24) is 4.90 Å². The molecule has 0 N–H and O–H groups in total. The van der Waals surface area contributed by atoms with E-state index in [1.807, 2.05) is 57.2 Å². The normalized spacial score (nSPS) is 13.9. The van der Waals surface area contributed by atoms with E-state index in [0.717, 1.165) is 5.56 Å². The second kappa shape index (κ2) is 13.5. The molecule has 3 aromatic carbocycles. The first-order chi connectivity index (χ1) is 18.6. The van der Waals surface area contributed by atoms with Crippen molar-refractivity contribution >= 4 is 5.97 Å². The van der Waals surface area contributed by atoms with Crippen LogP contribution in [-0.2, 0) is 22.5 Å². The summed E-state index contributed by atoms with van der Waals surface area (Å²) < 4.78 is 22.7. The fourth-order valence-electron chi connectivity index (χ4n) is 4.92. The molecule has 3 aromatic rings. The van der Waals surface area contributed by atoms with Crippen LogP contribution < -0.4 is 14.2 Å². The van der Waals surface area contributed by atoms with Gasteiger partial charge in [0, 0.05) is 18.6 Å². The highest BCUT2D eigenvalue weighted by Gasteiger charge is 2.36. The van der Waals surface area contributed by atoms with Gasteiger partial charge in [0.2, 0.25) is 5.75 Å². The van der Waals surface area contributed by atoms with Gasteiger partial charge in [-0.3, -0.25) is 9.69 Å². The number of methoxy groups -OCH3 is 3. The molecule has 0 bridgehead atoms. The molecule has 0 amide bonds. The van der Waals surface area contributed by atoms with Gasteiger partial charge in [0.1, 0.15) is 5.60 Å². The summed E-state index contributed by atoms with van der Waals surface area (Å²) in [5, 5.41) is 0. The number of ether oxygens (including phenoxy) is 4. The average Bonchev–Trinajstić information content (AvgIpc) is 2.93. The molecule has 0 saturated heterocycles. The van der Waals surface area contributed by atoms with Crippen molar-refractivity contribution < 1.29 is 23.7 Å². The van der Waals surface area contributed by atoms with E-state index in [1.165, 1.54) is 11.1 Å². The van der Waals surface area contributed by atoms with E-state index >= 15 is 0 Å². The first kappa shape index (κ1) is 30.0. The molecule has 3 rings (SSSR count). The van der Waals surface area contributed by atoms with E-state index < -0.39 is 11.5 Å². The zero-order chi connectivity index (χ0) is 28.6. The number of nitrogens with zero attached hydrogens (tertiary/aromatic N) is 1. The number of benzene rings is 3. The minimum absolute atomic E-state index is 0.0614. The molecule has 0 fully saturated rings. The lowest BCUT2D eigenvalue weighted by molar-refractivity contribution is -0.162. The Labute approximate surface area is 233 Å². The average molecular weight is 534 g/mol. The molecule has 0 heterocycles. The van der Waals surface area contributed by atoms with Crippen LogP contribution >= 0.6 is 0 Å².